The van der Waals surface area contributed by atoms with Gasteiger partial charge in [0.1, 0.15) is 12.4 Å². The molecule has 1 saturated heterocycles. The lowest BCUT2D eigenvalue weighted by Gasteiger charge is -2.38. The highest BCUT2D eigenvalue weighted by atomic mass is 16.5. The minimum Gasteiger partial charge on any atom is -0.489 e. The molecule has 0 saturated carbocycles. The Balaban J connectivity index is 1.41. The number of pyridine rings is 1. The molecule has 2 aliphatic rings. The molecule has 9 nitrogen and oxygen atoms in total. The monoisotopic (exact) mass is 562 g/mol. The van der Waals surface area contributed by atoms with Crippen molar-refractivity contribution in [2.75, 3.05) is 79.0 Å². The lowest BCUT2D eigenvalue weighted by atomic mass is 9.82. The van der Waals surface area contributed by atoms with E-state index in [1.165, 1.54) is 0 Å². The zero-order chi connectivity index (χ0) is 29.2. The molecule has 3 heterocycles. The fraction of sp³-hybridized carbons (Fsp3) is 0.531. The molecule has 2 aliphatic heterocycles. The number of piperidine rings is 1. The summed E-state index contributed by atoms with van der Waals surface area (Å²) in [7, 11) is 7.99. The van der Waals surface area contributed by atoms with Crippen molar-refractivity contribution in [3.05, 3.63) is 66.0 Å². The third-order valence-electron chi connectivity index (χ3n) is 8.13. The third kappa shape index (κ3) is 9.03. The number of amides is 2. The summed E-state index contributed by atoms with van der Waals surface area (Å²) in [5.74, 6) is 1.41. The van der Waals surface area contributed by atoms with Gasteiger partial charge in [0, 0.05) is 89.3 Å². The first kappa shape index (κ1) is 30.5. The Bertz CT molecular complexity index is 1170. The number of nitrogens with zero attached hydrogens (tertiary/aromatic N) is 5. The fourth-order valence-electron chi connectivity index (χ4n) is 5.41. The molecule has 9 heteroatoms. The van der Waals surface area contributed by atoms with E-state index in [9.17, 15) is 9.59 Å². The van der Waals surface area contributed by atoms with E-state index < -0.39 is 0 Å². The molecule has 2 atom stereocenters. The van der Waals surface area contributed by atoms with Crippen LogP contribution in [0, 0.1) is 11.8 Å². The van der Waals surface area contributed by atoms with Crippen LogP contribution < -0.4 is 15.0 Å². The molecular weight excluding hydrogens is 516 g/mol. The number of aromatic nitrogens is 1. The van der Waals surface area contributed by atoms with Crippen molar-refractivity contribution in [3.8, 4) is 5.75 Å². The topological polar surface area (TPSA) is 81.2 Å². The normalized spacial score (nSPS) is 20.2. The fourth-order valence-corrected chi connectivity index (χ4v) is 5.41. The summed E-state index contributed by atoms with van der Waals surface area (Å²) in [4.78, 5) is 38.6. The van der Waals surface area contributed by atoms with Gasteiger partial charge < -0.3 is 29.7 Å². The SMILES string of the molecule is CN(C)CCN(C)C(=O)C[C@@H]1CCN2C[C@@H]1/C=C/COc1ccc(N(C)CCc3ccccn3)cc1CNCC2=O. The molecule has 2 aromatic rings. The smallest absolute Gasteiger partial charge is 0.236 e. The van der Waals surface area contributed by atoms with Crippen molar-refractivity contribution in [2.45, 2.75) is 25.8 Å². The highest BCUT2D eigenvalue weighted by Crippen LogP contribution is 2.29. The van der Waals surface area contributed by atoms with Gasteiger partial charge >= 0.3 is 0 Å². The molecule has 0 aliphatic carbocycles. The van der Waals surface area contributed by atoms with Crippen LogP contribution in [0.3, 0.4) is 0 Å². The summed E-state index contributed by atoms with van der Waals surface area (Å²) in [6, 6.07) is 12.2. The molecule has 41 heavy (non-hydrogen) atoms. The van der Waals surface area contributed by atoms with E-state index in [0.29, 0.717) is 39.2 Å². The zero-order valence-corrected chi connectivity index (χ0v) is 25.1. The highest BCUT2D eigenvalue weighted by Gasteiger charge is 2.32. The second kappa shape index (κ2) is 15.0. The Hall–Kier alpha value is -3.43. The summed E-state index contributed by atoms with van der Waals surface area (Å²) in [5, 5.41) is 3.35. The van der Waals surface area contributed by atoms with Crippen LogP contribution in [-0.4, -0.2) is 106 Å². The minimum absolute atomic E-state index is 0.0987. The van der Waals surface area contributed by atoms with Crippen LogP contribution >= 0.6 is 0 Å². The van der Waals surface area contributed by atoms with E-state index in [0.717, 1.165) is 48.6 Å². The Morgan fingerprint density at radius 1 is 1.10 bits per heavy atom. The first-order chi connectivity index (χ1) is 19.8. The predicted molar refractivity (Wildman–Crippen MR) is 163 cm³/mol. The molecule has 1 aromatic carbocycles. The van der Waals surface area contributed by atoms with E-state index >= 15 is 0 Å². The molecule has 4 rings (SSSR count). The number of rotatable bonds is 9. The van der Waals surface area contributed by atoms with Gasteiger partial charge in [0.2, 0.25) is 11.8 Å². The summed E-state index contributed by atoms with van der Waals surface area (Å²) in [6.45, 7) is 4.97. The van der Waals surface area contributed by atoms with E-state index in [1.54, 1.807) is 0 Å². The number of hydrogen-bond acceptors (Lipinski definition) is 7. The Morgan fingerprint density at radius 3 is 2.73 bits per heavy atom. The molecule has 222 valence electrons. The molecular formula is C32H46N6O3. The molecule has 1 aromatic heterocycles. The lowest BCUT2D eigenvalue weighted by molar-refractivity contribution is -0.134. The number of anilines is 1. The van der Waals surface area contributed by atoms with Gasteiger partial charge in [-0.15, -0.1) is 0 Å². The van der Waals surface area contributed by atoms with Crippen LogP contribution in [0.2, 0.25) is 0 Å². The lowest BCUT2D eigenvalue weighted by Crippen LogP contribution is -2.47. The van der Waals surface area contributed by atoms with E-state index in [2.05, 4.69) is 45.4 Å². The number of ether oxygens (including phenoxy) is 1. The van der Waals surface area contributed by atoms with Crippen molar-refractivity contribution < 1.29 is 14.3 Å². The van der Waals surface area contributed by atoms with Crippen molar-refractivity contribution >= 4 is 17.5 Å². The van der Waals surface area contributed by atoms with Gasteiger partial charge in [0.25, 0.3) is 0 Å². The predicted octanol–water partition coefficient (Wildman–Crippen LogP) is 2.67. The number of nitrogens with one attached hydrogen (secondary N) is 1. The maximum absolute atomic E-state index is 13.1. The summed E-state index contributed by atoms with van der Waals surface area (Å²) < 4.78 is 6.20. The molecule has 2 amide bonds. The van der Waals surface area contributed by atoms with Gasteiger partial charge in [-0.05, 0) is 62.7 Å². The number of carbonyl (C=O) groups excluding carboxylic acids is 2. The van der Waals surface area contributed by atoms with Crippen molar-refractivity contribution in [2.24, 2.45) is 11.8 Å². The maximum Gasteiger partial charge on any atom is 0.236 e. The third-order valence-corrected chi connectivity index (χ3v) is 8.13. The number of fused-ring (bicyclic) bond motifs is 3. The molecule has 0 radical (unpaired) electrons. The Labute approximate surface area is 245 Å². The molecule has 0 unspecified atom stereocenters. The quantitative estimate of drug-likeness (QED) is 0.471. The first-order valence-corrected chi connectivity index (χ1v) is 14.7. The average Bonchev–Trinajstić information content (AvgIpc) is 2.98. The van der Waals surface area contributed by atoms with Crippen molar-refractivity contribution in [3.63, 3.8) is 0 Å². The second-order valence-corrected chi connectivity index (χ2v) is 11.5. The van der Waals surface area contributed by atoms with Crippen LogP contribution in [0.1, 0.15) is 24.1 Å². The number of benzene rings is 1. The zero-order valence-electron chi connectivity index (χ0n) is 25.1. The standard InChI is InChI=1S/C32H46N6O3/c1-35(2)17-18-37(4)31(39)21-25-12-16-38-24-26(25)8-7-19-41-30-11-10-29(20-27(30)22-33-23-32(38)40)36(3)15-13-28-9-5-6-14-34-28/h5-11,14,20,25-26,33H,12-13,15-19,21-24H2,1-4H3/b8-7+/t25-,26-/m0/s1. The van der Waals surface area contributed by atoms with Gasteiger partial charge in [0.15, 0.2) is 0 Å². The van der Waals surface area contributed by atoms with E-state index in [-0.39, 0.29) is 30.2 Å². The summed E-state index contributed by atoms with van der Waals surface area (Å²) in [5.41, 5.74) is 3.19. The molecule has 0 spiro atoms. The van der Waals surface area contributed by atoms with E-state index in [1.807, 2.05) is 67.5 Å². The van der Waals surface area contributed by atoms with Gasteiger partial charge in [-0.3, -0.25) is 14.6 Å². The maximum atomic E-state index is 13.1. The first-order valence-electron chi connectivity index (χ1n) is 14.7. The van der Waals surface area contributed by atoms with E-state index in [4.69, 9.17) is 4.74 Å². The molecule has 1 N–H and O–H groups in total. The Morgan fingerprint density at radius 2 is 1.95 bits per heavy atom. The van der Waals surface area contributed by atoms with Crippen LogP contribution in [0.15, 0.2) is 54.7 Å². The molecule has 2 bridgehead atoms. The van der Waals surface area contributed by atoms with Gasteiger partial charge in [-0.2, -0.15) is 0 Å². The summed E-state index contributed by atoms with van der Waals surface area (Å²) >= 11 is 0. The van der Waals surface area contributed by atoms with Crippen LogP contribution in [0.4, 0.5) is 5.69 Å². The molecule has 1 fully saturated rings. The van der Waals surface area contributed by atoms with Gasteiger partial charge in [-0.25, -0.2) is 0 Å². The summed E-state index contributed by atoms with van der Waals surface area (Å²) in [6.07, 6.45) is 8.21. The van der Waals surface area contributed by atoms with Crippen LogP contribution in [0.5, 0.6) is 5.75 Å². The Kier molecular flexibility index (Phi) is 11.2. The minimum atomic E-state index is 0.0987. The number of carbonyl (C=O) groups is 2. The number of likely N-dealkylation sites (N-methyl/N-ethyl adjacent to an activating group) is 3. The van der Waals surface area contributed by atoms with Gasteiger partial charge in [-0.1, -0.05) is 18.2 Å². The average molecular weight is 563 g/mol. The van der Waals surface area contributed by atoms with Crippen molar-refractivity contribution in [1.82, 2.24) is 25.0 Å². The number of hydrogen-bond donors (Lipinski definition) is 1. The van der Waals surface area contributed by atoms with Gasteiger partial charge in [0.05, 0.1) is 6.54 Å². The largest absolute Gasteiger partial charge is 0.489 e. The second-order valence-electron chi connectivity index (χ2n) is 11.5. The highest BCUT2D eigenvalue weighted by molar-refractivity contribution is 5.79. The van der Waals surface area contributed by atoms with Crippen LogP contribution in [0.25, 0.3) is 0 Å². The van der Waals surface area contributed by atoms with Crippen molar-refractivity contribution in [1.29, 1.82) is 0 Å². The van der Waals surface area contributed by atoms with Crippen LogP contribution in [-0.2, 0) is 22.6 Å².